The zero-order valence-electron chi connectivity index (χ0n) is 14.5. The van der Waals surface area contributed by atoms with Crippen LogP contribution in [-0.2, 0) is 0 Å². The van der Waals surface area contributed by atoms with E-state index in [9.17, 15) is 5.26 Å². The normalized spacial score (nSPS) is 11.6. The Balaban J connectivity index is 3.60. The number of aromatic nitrogens is 1. The number of nitriles is 1. The summed E-state index contributed by atoms with van der Waals surface area (Å²) < 4.78 is 0. The van der Waals surface area contributed by atoms with Gasteiger partial charge in [0.25, 0.3) is 0 Å². The van der Waals surface area contributed by atoms with Crippen molar-refractivity contribution in [2.45, 2.75) is 58.2 Å². The third-order valence-corrected chi connectivity index (χ3v) is 11.4. The van der Waals surface area contributed by atoms with E-state index in [1.165, 1.54) is 0 Å². The van der Waals surface area contributed by atoms with E-state index in [1.54, 1.807) is 0 Å². The maximum absolute atomic E-state index is 9.17. The number of rotatable bonds is 3. The van der Waals surface area contributed by atoms with E-state index in [-0.39, 0.29) is 21.6 Å². The monoisotopic (exact) mass is 367 g/mol. The smallest absolute Gasteiger partial charge is 0.150 e. The van der Waals surface area contributed by atoms with Crippen molar-refractivity contribution in [3.63, 3.8) is 0 Å². The van der Waals surface area contributed by atoms with Gasteiger partial charge in [-0.3, -0.25) is 0 Å². The molecule has 0 aromatic carbocycles. The van der Waals surface area contributed by atoms with Gasteiger partial charge in [0, 0.05) is 0 Å². The number of pyridine rings is 1. The maximum atomic E-state index is 9.17. The molecule has 6 heteroatoms. The summed E-state index contributed by atoms with van der Waals surface area (Å²) in [5.74, 6) is 3.15. The van der Waals surface area contributed by atoms with Crippen LogP contribution in [0.2, 0.25) is 26.9 Å². The first-order valence-corrected chi connectivity index (χ1v) is 10.7. The lowest BCUT2D eigenvalue weighted by molar-refractivity contribution is 0.838. The highest BCUT2D eigenvalue weighted by Crippen LogP contribution is 2.41. The van der Waals surface area contributed by atoms with Crippen LogP contribution in [0.5, 0.6) is 0 Å². The van der Waals surface area contributed by atoms with E-state index in [0.29, 0.717) is 22.2 Å². The SMILES string of the molecule is CC(C)[Si](C#Cc1c(Cl)nc(Cl)c(C#N)c1N)(C(C)C)C(C)C. The summed E-state index contributed by atoms with van der Waals surface area (Å²) >= 11 is 12.1. The van der Waals surface area contributed by atoms with Gasteiger partial charge in [-0.2, -0.15) is 5.26 Å². The van der Waals surface area contributed by atoms with E-state index in [0.717, 1.165) is 0 Å². The summed E-state index contributed by atoms with van der Waals surface area (Å²) in [6.07, 6.45) is 0. The molecule has 23 heavy (non-hydrogen) atoms. The summed E-state index contributed by atoms with van der Waals surface area (Å²) in [6.45, 7) is 13.4. The van der Waals surface area contributed by atoms with Crippen LogP contribution in [-0.4, -0.2) is 13.1 Å². The van der Waals surface area contributed by atoms with E-state index < -0.39 is 8.07 Å². The zero-order valence-corrected chi connectivity index (χ0v) is 17.0. The van der Waals surface area contributed by atoms with Crippen LogP contribution in [0, 0.1) is 22.8 Å². The molecule has 0 spiro atoms. The molecule has 3 nitrogen and oxygen atoms in total. The van der Waals surface area contributed by atoms with Gasteiger partial charge in [-0.25, -0.2) is 4.98 Å². The predicted octanol–water partition coefficient (Wildman–Crippen LogP) is 5.41. The van der Waals surface area contributed by atoms with Gasteiger partial charge in [-0.15, -0.1) is 5.54 Å². The van der Waals surface area contributed by atoms with Crippen molar-refractivity contribution in [2.75, 3.05) is 5.73 Å². The second-order valence-electron chi connectivity index (χ2n) is 6.62. The molecule has 0 fully saturated rings. The number of nitrogen functional groups attached to an aromatic ring is 1. The molecule has 2 N–H and O–H groups in total. The van der Waals surface area contributed by atoms with Gasteiger partial charge in [0.05, 0.1) is 11.3 Å². The third kappa shape index (κ3) is 3.66. The van der Waals surface area contributed by atoms with Crippen LogP contribution in [0.15, 0.2) is 0 Å². The molecule has 0 saturated carbocycles. The van der Waals surface area contributed by atoms with Crippen molar-refractivity contribution in [3.05, 3.63) is 21.4 Å². The molecular weight excluding hydrogens is 345 g/mol. The molecule has 0 aliphatic carbocycles. The van der Waals surface area contributed by atoms with Gasteiger partial charge >= 0.3 is 0 Å². The molecule has 1 heterocycles. The number of nitrogens with two attached hydrogens (primary N) is 1. The van der Waals surface area contributed by atoms with Crippen molar-refractivity contribution >= 4 is 37.0 Å². The Morgan fingerprint density at radius 2 is 1.39 bits per heavy atom. The topological polar surface area (TPSA) is 62.7 Å². The van der Waals surface area contributed by atoms with E-state index in [2.05, 4.69) is 58.0 Å². The highest BCUT2D eigenvalue weighted by molar-refractivity contribution is 6.90. The Morgan fingerprint density at radius 1 is 0.957 bits per heavy atom. The van der Waals surface area contributed by atoms with Crippen molar-refractivity contribution in [3.8, 4) is 17.5 Å². The summed E-state index contributed by atoms with van der Waals surface area (Å²) in [6, 6.07) is 1.96. The van der Waals surface area contributed by atoms with Crippen LogP contribution in [0.1, 0.15) is 52.7 Å². The van der Waals surface area contributed by atoms with Gasteiger partial charge in [0.15, 0.2) is 5.15 Å². The quantitative estimate of drug-likeness (QED) is 0.441. The number of halogens is 2. The fourth-order valence-corrected chi connectivity index (χ4v) is 9.09. The lowest BCUT2D eigenvalue weighted by atomic mass is 10.1. The largest absolute Gasteiger partial charge is 0.396 e. The van der Waals surface area contributed by atoms with Gasteiger partial charge in [0.2, 0.25) is 0 Å². The molecule has 1 aromatic heterocycles. The molecule has 0 bridgehead atoms. The Kier molecular flexibility index (Phi) is 6.54. The van der Waals surface area contributed by atoms with Gasteiger partial charge in [-0.05, 0) is 16.6 Å². The van der Waals surface area contributed by atoms with E-state index in [4.69, 9.17) is 28.9 Å². The van der Waals surface area contributed by atoms with Crippen molar-refractivity contribution in [1.82, 2.24) is 4.98 Å². The number of nitrogens with zero attached hydrogens (tertiary/aromatic N) is 2. The van der Waals surface area contributed by atoms with Crippen LogP contribution in [0.25, 0.3) is 0 Å². The number of hydrogen-bond acceptors (Lipinski definition) is 3. The first-order valence-electron chi connectivity index (χ1n) is 7.67. The summed E-state index contributed by atoms with van der Waals surface area (Å²) in [5, 5.41) is 9.34. The predicted molar refractivity (Wildman–Crippen MR) is 101 cm³/mol. The van der Waals surface area contributed by atoms with Crippen LogP contribution >= 0.6 is 23.2 Å². The van der Waals surface area contributed by atoms with E-state index in [1.807, 2.05) is 6.07 Å². The van der Waals surface area contributed by atoms with Crippen molar-refractivity contribution < 1.29 is 0 Å². The summed E-state index contributed by atoms with van der Waals surface area (Å²) in [5.41, 5.74) is 11.8. The van der Waals surface area contributed by atoms with Crippen molar-refractivity contribution in [1.29, 1.82) is 5.26 Å². The number of hydrogen-bond donors (Lipinski definition) is 1. The second-order valence-corrected chi connectivity index (χ2v) is 12.9. The van der Waals surface area contributed by atoms with Crippen LogP contribution < -0.4 is 5.73 Å². The second kappa shape index (κ2) is 7.58. The molecule has 0 amide bonds. The van der Waals surface area contributed by atoms with Gasteiger partial charge in [-0.1, -0.05) is 70.7 Å². The fraction of sp³-hybridized carbons (Fsp3) is 0.529. The molecular formula is C17H23Cl2N3Si. The first-order chi connectivity index (χ1) is 10.6. The molecule has 0 unspecified atom stereocenters. The summed E-state index contributed by atoms with van der Waals surface area (Å²) in [7, 11) is -1.92. The third-order valence-electron chi connectivity index (χ3n) is 4.53. The van der Waals surface area contributed by atoms with Gasteiger partial charge < -0.3 is 5.73 Å². The lowest BCUT2D eigenvalue weighted by Gasteiger charge is -2.38. The molecule has 1 aromatic rings. The standard InChI is InChI=1S/C17H23Cl2N3Si/c1-10(2)23(11(3)4,12(5)6)8-7-13-15(21)14(9-20)17(19)22-16(13)18/h10-12H,1-6H3,(H2,21,22). The first kappa shape index (κ1) is 19.8. The zero-order chi connectivity index (χ0) is 17.9. The molecule has 0 aliphatic rings. The Labute approximate surface area is 150 Å². The van der Waals surface area contributed by atoms with Gasteiger partial charge in [0.1, 0.15) is 24.9 Å². The summed E-state index contributed by atoms with van der Waals surface area (Å²) in [4.78, 5) is 3.98. The number of anilines is 1. The fourth-order valence-electron chi connectivity index (χ4n) is 3.37. The molecule has 0 saturated heterocycles. The molecule has 0 atom stereocenters. The minimum absolute atomic E-state index is 0.0145. The lowest BCUT2D eigenvalue weighted by Crippen LogP contribution is -2.43. The molecule has 1 rings (SSSR count). The minimum Gasteiger partial charge on any atom is -0.396 e. The maximum Gasteiger partial charge on any atom is 0.150 e. The molecule has 124 valence electrons. The van der Waals surface area contributed by atoms with Crippen LogP contribution in [0.3, 0.4) is 0 Å². The average molecular weight is 368 g/mol. The Bertz CT molecular complexity index is 673. The Hall–Kier alpha value is -1.20. The Morgan fingerprint density at radius 3 is 1.78 bits per heavy atom. The molecule has 0 radical (unpaired) electrons. The van der Waals surface area contributed by atoms with Crippen LogP contribution in [0.4, 0.5) is 5.69 Å². The van der Waals surface area contributed by atoms with Crippen molar-refractivity contribution in [2.24, 2.45) is 0 Å². The highest BCUT2D eigenvalue weighted by Gasteiger charge is 2.41. The molecule has 0 aliphatic heterocycles. The minimum atomic E-state index is -1.92. The highest BCUT2D eigenvalue weighted by atomic mass is 35.5. The van der Waals surface area contributed by atoms with E-state index >= 15 is 0 Å². The average Bonchev–Trinajstić information content (AvgIpc) is 2.41.